The SMILES string of the molecule is Cc1c(CCC(=O)N[C@@H](C(=O)O)c2ccccc2)c(=O)oc2c(C)c3occ(C(C)(C)C)c3cc12. The minimum Gasteiger partial charge on any atom is -0.479 e. The highest BCUT2D eigenvalue weighted by Gasteiger charge is 2.25. The van der Waals surface area contributed by atoms with Crippen molar-refractivity contribution in [2.45, 2.75) is 58.9 Å². The molecule has 0 radical (unpaired) electrons. The van der Waals surface area contributed by atoms with Crippen LogP contribution in [0.2, 0.25) is 0 Å². The molecule has 0 aliphatic carbocycles. The molecule has 0 bridgehead atoms. The topological polar surface area (TPSA) is 110 Å². The molecule has 0 saturated carbocycles. The van der Waals surface area contributed by atoms with Gasteiger partial charge in [0, 0.05) is 33.9 Å². The first kappa shape index (κ1) is 24.3. The number of rotatable bonds is 6. The summed E-state index contributed by atoms with van der Waals surface area (Å²) in [6.45, 7) is 10.0. The van der Waals surface area contributed by atoms with Gasteiger partial charge in [0.15, 0.2) is 6.04 Å². The van der Waals surface area contributed by atoms with Crippen molar-refractivity contribution < 1.29 is 23.5 Å². The third-order valence-corrected chi connectivity index (χ3v) is 6.44. The molecule has 0 spiro atoms. The Kier molecular flexibility index (Phi) is 6.28. The van der Waals surface area contributed by atoms with Gasteiger partial charge in [-0.25, -0.2) is 9.59 Å². The lowest BCUT2D eigenvalue weighted by molar-refractivity contribution is -0.142. The van der Waals surface area contributed by atoms with E-state index in [0.717, 1.165) is 27.5 Å². The largest absolute Gasteiger partial charge is 0.479 e. The second kappa shape index (κ2) is 9.06. The van der Waals surface area contributed by atoms with Crippen molar-refractivity contribution in [3.63, 3.8) is 0 Å². The van der Waals surface area contributed by atoms with E-state index in [1.807, 2.05) is 19.9 Å². The first-order chi connectivity index (χ1) is 16.5. The lowest BCUT2D eigenvalue weighted by atomic mass is 9.86. The second-order valence-electron chi connectivity index (χ2n) is 9.90. The Morgan fingerprint density at radius 1 is 1.03 bits per heavy atom. The fourth-order valence-electron chi connectivity index (χ4n) is 4.47. The monoisotopic (exact) mass is 475 g/mol. The third-order valence-electron chi connectivity index (χ3n) is 6.44. The van der Waals surface area contributed by atoms with Crippen LogP contribution in [0.15, 0.2) is 56.3 Å². The van der Waals surface area contributed by atoms with Gasteiger partial charge < -0.3 is 19.3 Å². The molecule has 2 aromatic carbocycles. The number of benzene rings is 2. The molecule has 0 fully saturated rings. The summed E-state index contributed by atoms with van der Waals surface area (Å²) in [5.41, 5.74) is 3.96. The molecule has 2 aromatic heterocycles. The Labute approximate surface area is 202 Å². The number of hydrogen-bond donors (Lipinski definition) is 2. The first-order valence-corrected chi connectivity index (χ1v) is 11.5. The molecule has 0 unspecified atom stereocenters. The Morgan fingerprint density at radius 3 is 2.34 bits per heavy atom. The van der Waals surface area contributed by atoms with E-state index in [9.17, 15) is 19.5 Å². The maximum Gasteiger partial charge on any atom is 0.339 e. The zero-order valence-electron chi connectivity index (χ0n) is 20.5. The van der Waals surface area contributed by atoms with Crippen LogP contribution in [-0.2, 0) is 21.4 Å². The average Bonchev–Trinajstić information content (AvgIpc) is 3.24. The molecule has 4 aromatic rings. The van der Waals surface area contributed by atoms with Crippen LogP contribution in [0.1, 0.15) is 61.1 Å². The summed E-state index contributed by atoms with van der Waals surface area (Å²) in [7, 11) is 0. The van der Waals surface area contributed by atoms with Crippen molar-refractivity contribution >= 4 is 33.8 Å². The predicted octanol–water partition coefficient (Wildman–Crippen LogP) is 5.33. The van der Waals surface area contributed by atoms with E-state index in [0.29, 0.717) is 22.3 Å². The van der Waals surface area contributed by atoms with Crippen molar-refractivity contribution in [2.75, 3.05) is 0 Å². The van der Waals surface area contributed by atoms with Gasteiger partial charge in [0.2, 0.25) is 5.91 Å². The molecule has 0 aliphatic heterocycles. The minimum atomic E-state index is -1.16. The summed E-state index contributed by atoms with van der Waals surface area (Å²) < 4.78 is 11.5. The Balaban J connectivity index is 1.65. The Bertz CT molecular complexity index is 1490. The van der Waals surface area contributed by atoms with Gasteiger partial charge in [0.25, 0.3) is 0 Å². The van der Waals surface area contributed by atoms with Crippen LogP contribution in [0, 0.1) is 13.8 Å². The molecule has 7 nitrogen and oxygen atoms in total. The molecule has 7 heteroatoms. The zero-order chi connectivity index (χ0) is 25.5. The standard InChI is InChI=1S/C28H29NO6/c1-15-18(11-12-22(30)29-23(26(31)32)17-9-7-6-8-10-17)27(33)35-25-16(2)24-20(13-19(15)25)21(14-34-24)28(3,4)5/h6-10,13-14,23H,11-12H2,1-5H3,(H,29,30)(H,31,32)/t23-/m1/s1. The van der Waals surface area contributed by atoms with Gasteiger partial charge >= 0.3 is 11.6 Å². The normalized spacial score (nSPS) is 12.7. The summed E-state index contributed by atoms with van der Waals surface area (Å²) in [6, 6.07) is 9.31. The highest BCUT2D eigenvalue weighted by molar-refractivity contribution is 6.00. The number of aryl methyl sites for hydroxylation is 2. The van der Waals surface area contributed by atoms with E-state index < -0.39 is 23.5 Å². The number of amides is 1. The van der Waals surface area contributed by atoms with Gasteiger partial charge in [0.05, 0.1) is 6.26 Å². The highest BCUT2D eigenvalue weighted by atomic mass is 16.4. The summed E-state index contributed by atoms with van der Waals surface area (Å²) in [5, 5.41) is 13.9. The van der Waals surface area contributed by atoms with Gasteiger partial charge in [-0.3, -0.25) is 4.79 Å². The molecule has 1 atom stereocenters. The number of hydrogen-bond acceptors (Lipinski definition) is 5. The average molecular weight is 476 g/mol. The molecule has 2 N–H and O–H groups in total. The van der Waals surface area contributed by atoms with E-state index >= 15 is 0 Å². The molecule has 0 aliphatic rings. The minimum absolute atomic E-state index is 0.0477. The van der Waals surface area contributed by atoms with Gasteiger partial charge in [-0.05, 0) is 42.9 Å². The van der Waals surface area contributed by atoms with Gasteiger partial charge in [0.1, 0.15) is 11.2 Å². The van der Waals surface area contributed by atoms with Crippen molar-refractivity contribution in [2.24, 2.45) is 0 Å². The van der Waals surface area contributed by atoms with E-state index in [2.05, 4.69) is 26.1 Å². The number of carbonyl (C=O) groups excluding carboxylic acids is 1. The molecular formula is C28H29NO6. The molecule has 2 heterocycles. The van der Waals surface area contributed by atoms with Crippen molar-refractivity contribution in [1.82, 2.24) is 5.32 Å². The fraction of sp³-hybridized carbons (Fsp3) is 0.321. The summed E-state index contributed by atoms with van der Waals surface area (Å²) in [6.07, 6.45) is 1.83. The Morgan fingerprint density at radius 2 is 1.71 bits per heavy atom. The lowest BCUT2D eigenvalue weighted by Crippen LogP contribution is -2.34. The predicted molar refractivity (Wildman–Crippen MR) is 134 cm³/mol. The summed E-state index contributed by atoms with van der Waals surface area (Å²) in [4.78, 5) is 37.2. The summed E-state index contributed by atoms with van der Waals surface area (Å²) in [5.74, 6) is -1.61. The quantitative estimate of drug-likeness (QED) is 0.365. The number of nitrogens with one attached hydrogen (secondary N) is 1. The molecule has 0 saturated heterocycles. The Hall–Kier alpha value is -3.87. The van der Waals surface area contributed by atoms with Crippen LogP contribution in [0.5, 0.6) is 0 Å². The van der Waals surface area contributed by atoms with Gasteiger partial charge in [-0.2, -0.15) is 0 Å². The van der Waals surface area contributed by atoms with Crippen LogP contribution in [-0.4, -0.2) is 17.0 Å². The van der Waals surface area contributed by atoms with Crippen LogP contribution >= 0.6 is 0 Å². The number of carbonyl (C=O) groups is 2. The van der Waals surface area contributed by atoms with Crippen LogP contribution < -0.4 is 10.9 Å². The maximum atomic E-state index is 12.8. The number of carboxylic acids is 1. The molecular weight excluding hydrogens is 446 g/mol. The summed E-state index contributed by atoms with van der Waals surface area (Å²) >= 11 is 0. The van der Waals surface area contributed by atoms with Crippen LogP contribution in [0.3, 0.4) is 0 Å². The first-order valence-electron chi connectivity index (χ1n) is 11.5. The van der Waals surface area contributed by atoms with Crippen molar-refractivity contribution in [3.8, 4) is 0 Å². The zero-order valence-corrected chi connectivity index (χ0v) is 20.5. The molecule has 35 heavy (non-hydrogen) atoms. The fourth-order valence-corrected chi connectivity index (χ4v) is 4.47. The highest BCUT2D eigenvalue weighted by Crippen LogP contribution is 2.37. The smallest absolute Gasteiger partial charge is 0.339 e. The van der Waals surface area contributed by atoms with Gasteiger partial charge in [-0.1, -0.05) is 51.1 Å². The van der Waals surface area contributed by atoms with Crippen LogP contribution in [0.4, 0.5) is 0 Å². The van der Waals surface area contributed by atoms with E-state index in [4.69, 9.17) is 8.83 Å². The number of aliphatic carboxylic acids is 1. The maximum absolute atomic E-state index is 12.8. The third kappa shape index (κ3) is 4.58. The van der Waals surface area contributed by atoms with Crippen LogP contribution in [0.25, 0.3) is 21.9 Å². The molecule has 182 valence electrons. The van der Waals surface area contributed by atoms with E-state index in [1.54, 1.807) is 36.6 Å². The van der Waals surface area contributed by atoms with Crippen molar-refractivity contribution in [1.29, 1.82) is 0 Å². The van der Waals surface area contributed by atoms with E-state index in [1.165, 1.54) is 0 Å². The molecule has 1 amide bonds. The second-order valence-corrected chi connectivity index (χ2v) is 9.90. The number of carboxylic acid groups (broad SMARTS) is 1. The number of furan rings is 1. The lowest BCUT2D eigenvalue weighted by Gasteiger charge is -2.17. The number of fused-ring (bicyclic) bond motifs is 2. The van der Waals surface area contributed by atoms with Gasteiger partial charge in [-0.15, -0.1) is 0 Å². The van der Waals surface area contributed by atoms with E-state index in [-0.39, 0.29) is 18.3 Å². The van der Waals surface area contributed by atoms with Crippen molar-refractivity contribution in [3.05, 3.63) is 80.9 Å². The molecule has 4 rings (SSSR count).